The molecule has 1 atom stereocenters. The van der Waals surface area contributed by atoms with E-state index in [4.69, 9.17) is 0 Å². The van der Waals surface area contributed by atoms with Gasteiger partial charge in [0.1, 0.15) is 5.82 Å². The van der Waals surface area contributed by atoms with Gasteiger partial charge >= 0.3 is 0 Å². The highest BCUT2D eigenvalue weighted by Gasteiger charge is 2.25. The van der Waals surface area contributed by atoms with Crippen molar-refractivity contribution >= 4 is 17.7 Å². The molecule has 27 heavy (non-hydrogen) atoms. The lowest BCUT2D eigenvalue weighted by atomic mass is 9.97. The zero-order valence-corrected chi connectivity index (χ0v) is 18.8. The number of guanidine groups is 1. The zero-order chi connectivity index (χ0) is 19.8. The van der Waals surface area contributed by atoms with Gasteiger partial charge in [0.05, 0.1) is 0 Å². The van der Waals surface area contributed by atoms with Gasteiger partial charge in [-0.1, -0.05) is 39.5 Å². The average Bonchev–Trinajstić information content (AvgIpc) is 3.21. The van der Waals surface area contributed by atoms with Crippen LogP contribution in [-0.2, 0) is 13.0 Å². The Morgan fingerprint density at radius 2 is 2.04 bits per heavy atom. The molecule has 1 aliphatic heterocycles. The Kier molecular flexibility index (Phi) is 8.93. The second kappa shape index (κ2) is 10.9. The summed E-state index contributed by atoms with van der Waals surface area (Å²) in [6.45, 7) is 13.3. The molecule has 1 aromatic rings. The SMILES string of the molecule is CN=C(NCCCc1nnc(SC)n1CC(C)C)N1CCC(CC(C)C)C1. The molecule has 0 radical (unpaired) electrons. The van der Waals surface area contributed by atoms with Gasteiger partial charge in [-0.2, -0.15) is 0 Å². The molecule has 154 valence electrons. The third-order valence-electron chi connectivity index (χ3n) is 4.99. The van der Waals surface area contributed by atoms with Crippen molar-refractivity contribution < 1.29 is 0 Å². The number of aromatic nitrogens is 3. The van der Waals surface area contributed by atoms with Crippen LogP contribution in [0.15, 0.2) is 10.1 Å². The number of likely N-dealkylation sites (tertiary alicyclic amines) is 1. The highest BCUT2D eigenvalue weighted by atomic mass is 32.2. The minimum Gasteiger partial charge on any atom is -0.356 e. The van der Waals surface area contributed by atoms with Crippen molar-refractivity contribution in [2.75, 3.05) is 32.9 Å². The number of nitrogens with zero attached hydrogens (tertiary/aromatic N) is 5. The van der Waals surface area contributed by atoms with Crippen molar-refractivity contribution in [3.05, 3.63) is 5.82 Å². The number of aryl methyl sites for hydroxylation is 1. The standard InChI is InChI=1S/C20H38N6S/c1-15(2)12-17-9-11-25(14-17)19(21-5)22-10-7-8-18-23-24-20(27-6)26(18)13-16(3)4/h15-17H,7-14H2,1-6H3,(H,21,22). The van der Waals surface area contributed by atoms with Crippen LogP contribution in [-0.4, -0.2) is 58.6 Å². The number of aliphatic imine (C=N–C) groups is 1. The second-order valence-electron chi connectivity index (χ2n) is 8.42. The fraction of sp³-hybridized carbons (Fsp3) is 0.850. The van der Waals surface area contributed by atoms with Gasteiger partial charge < -0.3 is 14.8 Å². The summed E-state index contributed by atoms with van der Waals surface area (Å²) in [5.74, 6) is 4.33. The van der Waals surface area contributed by atoms with Crippen molar-refractivity contribution in [1.29, 1.82) is 0 Å². The summed E-state index contributed by atoms with van der Waals surface area (Å²) in [6, 6.07) is 0. The summed E-state index contributed by atoms with van der Waals surface area (Å²) in [5, 5.41) is 13.3. The molecule has 0 bridgehead atoms. The maximum atomic E-state index is 4.50. The van der Waals surface area contributed by atoms with Crippen molar-refractivity contribution in [3.8, 4) is 0 Å². The quantitative estimate of drug-likeness (QED) is 0.300. The molecule has 0 amide bonds. The predicted octanol–water partition coefficient (Wildman–Crippen LogP) is 3.53. The van der Waals surface area contributed by atoms with Crippen LogP contribution in [0.1, 0.15) is 52.8 Å². The first-order valence-electron chi connectivity index (χ1n) is 10.4. The molecule has 1 aromatic heterocycles. The fourth-order valence-electron chi connectivity index (χ4n) is 3.87. The van der Waals surface area contributed by atoms with E-state index in [1.165, 1.54) is 12.8 Å². The minimum absolute atomic E-state index is 0.594. The molecule has 1 aliphatic rings. The van der Waals surface area contributed by atoms with E-state index in [1.807, 2.05) is 7.05 Å². The highest BCUT2D eigenvalue weighted by molar-refractivity contribution is 7.98. The molecule has 1 saturated heterocycles. The van der Waals surface area contributed by atoms with E-state index in [0.717, 1.165) is 67.8 Å². The van der Waals surface area contributed by atoms with Crippen LogP contribution in [0.3, 0.4) is 0 Å². The van der Waals surface area contributed by atoms with Gasteiger partial charge in [-0.25, -0.2) is 0 Å². The Morgan fingerprint density at radius 3 is 2.67 bits per heavy atom. The van der Waals surface area contributed by atoms with Gasteiger partial charge in [0, 0.05) is 39.6 Å². The molecule has 0 aromatic carbocycles. The molecule has 7 heteroatoms. The van der Waals surface area contributed by atoms with Gasteiger partial charge in [0.15, 0.2) is 11.1 Å². The number of rotatable bonds is 9. The Balaban J connectivity index is 1.80. The second-order valence-corrected chi connectivity index (χ2v) is 9.19. The summed E-state index contributed by atoms with van der Waals surface area (Å²) >= 11 is 1.67. The maximum Gasteiger partial charge on any atom is 0.193 e. The van der Waals surface area contributed by atoms with Gasteiger partial charge in [-0.05, 0) is 43.3 Å². The van der Waals surface area contributed by atoms with Crippen molar-refractivity contribution in [2.24, 2.45) is 22.7 Å². The zero-order valence-electron chi connectivity index (χ0n) is 18.0. The first-order chi connectivity index (χ1) is 12.9. The molecule has 1 N–H and O–H groups in total. The van der Waals surface area contributed by atoms with E-state index < -0.39 is 0 Å². The van der Waals surface area contributed by atoms with E-state index >= 15 is 0 Å². The van der Waals surface area contributed by atoms with Crippen molar-refractivity contribution in [3.63, 3.8) is 0 Å². The molecule has 2 rings (SSSR count). The average molecular weight is 395 g/mol. The smallest absolute Gasteiger partial charge is 0.193 e. The fourth-order valence-corrected chi connectivity index (χ4v) is 4.39. The van der Waals surface area contributed by atoms with Gasteiger partial charge in [-0.15, -0.1) is 10.2 Å². The van der Waals surface area contributed by atoms with Crippen LogP contribution < -0.4 is 5.32 Å². The lowest BCUT2D eigenvalue weighted by Gasteiger charge is -2.22. The van der Waals surface area contributed by atoms with Crippen LogP contribution in [0.2, 0.25) is 0 Å². The van der Waals surface area contributed by atoms with E-state index in [9.17, 15) is 0 Å². The summed E-state index contributed by atoms with van der Waals surface area (Å²) in [6.07, 6.45) is 6.65. The molecule has 2 heterocycles. The third kappa shape index (κ3) is 6.70. The molecule has 1 unspecified atom stereocenters. The minimum atomic E-state index is 0.594. The number of hydrogen-bond donors (Lipinski definition) is 1. The van der Waals surface area contributed by atoms with Crippen LogP contribution in [0.4, 0.5) is 0 Å². The van der Waals surface area contributed by atoms with Crippen LogP contribution in [0.25, 0.3) is 0 Å². The molecule has 0 spiro atoms. The molecule has 6 nitrogen and oxygen atoms in total. The van der Waals surface area contributed by atoms with E-state index in [1.54, 1.807) is 11.8 Å². The molecule has 1 fully saturated rings. The molecule has 0 saturated carbocycles. The third-order valence-corrected chi connectivity index (χ3v) is 5.65. The van der Waals surface area contributed by atoms with Crippen LogP contribution in [0, 0.1) is 17.8 Å². The Labute approximate surface area is 169 Å². The largest absolute Gasteiger partial charge is 0.356 e. The van der Waals surface area contributed by atoms with Gasteiger partial charge in [-0.3, -0.25) is 4.99 Å². The normalized spacial score (nSPS) is 18.1. The summed E-state index contributed by atoms with van der Waals surface area (Å²) in [7, 11) is 1.89. The maximum absolute atomic E-state index is 4.50. The van der Waals surface area contributed by atoms with Crippen molar-refractivity contribution in [2.45, 2.75) is 65.1 Å². The first-order valence-corrected chi connectivity index (χ1v) is 11.6. The summed E-state index contributed by atoms with van der Waals surface area (Å²) in [5.41, 5.74) is 0. The van der Waals surface area contributed by atoms with Gasteiger partial charge in [0.25, 0.3) is 0 Å². The van der Waals surface area contributed by atoms with Crippen LogP contribution in [0.5, 0.6) is 0 Å². The number of thioether (sulfide) groups is 1. The number of hydrogen-bond acceptors (Lipinski definition) is 4. The topological polar surface area (TPSA) is 58.3 Å². The molecule has 0 aliphatic carbocycles. The molecular weight excluding hydrogens is 356 g/mol. The Hall–Kier alpha value is -1.24. The summed E-state index contributed by atoms with van der Waals surface area (Å²) < 4.78 is 2.28. The summed E-state index contributed by atoms with van der Waals surface area (Å²) in [4.78, 5) is 6.91. The van der Waals surface area contributed by atoms with E-state index in [2.05, 4.69) is 63.9 Å². The lowest BCUT2D eigenvalue weighted by Crippen LogP contribution is -2.40. The molecular formula is C20H38N6S. The van der Waals surface area contributed by atoms with E-state index in [0.29, 0.717) is 5.92 Å². The van der Waals surface area contributed by atoms with Crippen LogP contribution >= 0.6 is 11.8 Å². The first kappa shape index (κ1) is 22.1. The Bertz CT molecular complexity index is 595. The number of nitrogens with one attached hydrogen (secondary N) is 1. The predicted molar refractivity (Wildman–Crippen MR) is 115 cm³/mol. The van der Waals surface area contributed by atoms with E-state index in [-0.39, 0.29) is 0 Å². The van der Waals surface area contributed by atoms with Gasteiger partial charge in [0.2, 0.25) is 0 Å². The lowest BCUT2D eigenvalue weighted by molar-refractivity contribution is 0.403. The Morgan fingerprint density at radius 1 is 1.26 bits per heavy atom. The van der Waals surface area contributed by atoms with Crippen molar-refractivity contribution in [1.82, 2.24) is 25.0 Å². The highest BCUT2D eigenvalue weighted by Crippen LogP contribution is 2.23. The monoisotopic (exact) mass is 394 g/mol.